The highest BCUT2D eigenvalue weighted by molar-refractivity contribution is 7.99. The van der Waals surface area contributed by atoms with E-state index in [1.165, 1.54) is 11.8 Å². The monoisotopic (exact) mass is 452 g/mol. The molecule has 0 fully saturated rings. The Morgan fingerprint density at radius 2 is 1.87 bits per heavy atom. The molecule has 4 aromatic rings. The topological polar surface area (TPSA) is 73.0 Å². The summed E-state index contributed by atoms with van der Waals surface area (Å²) in [4.78, 5) is 12.5. The van der Waals surface area contributed by atoms with Gasteiger partial charge in [-0.15, -0.1) is 10.2 Å². The zero-order valence-electron chi connectivity index (χ0n) is 16.9. The molecule has 0 saturated heterocycles. The van der Waals surface area contributed by atoms with Crippen molar-refractivity contribution in [3.05, 3.63) is 89.3 Å². The van der Waals surface area contributed by atoms with E-state index in [1.807, 2.05) is 78.2 Å². The number of carbonyl (C=O) groups is 1. The van der Waals surface area contributed by atoms with Gasteiger partial charge in [0.25, 0.3) is 0 Å². The Bertz CT molecular complexity index is 1130. The molecule has 0 aliphatic carbocycles. The van der Waals surface area contributed by atoms with Crippen LogP contribution in [0.4, 0.5) is 0 Å². The Kier molecular flexibility index (Phi) is 6.74. The summed E-state index contributed by atoms with van der Waals surface area (Å²) >= 11 is 7.37. The lowest BCUT2D eigenvalue weighted by molar-refractivity contribution is -0.119. The number of hydrogen-bond donors (Lipinski definition) is 1. The Morgan fingerprint density at radius 3 is 2.58 bits per heavy atom. The molecule has 31 heavy (non-hydrogen) atoms. The number of hydrogen-bond acceptors (Lipinski definition) is 5. The van der Waals surface area contributed by atoms with Crippen LogP contribution in [0.5, 0.6) is 0 Å². The molecule has 0 aliphatic heterocycles. The fourth-order valence-electron chi connectivity index (χ4n) is 3.15. The maximum atomic E-state index is 12.5. The third kappa shape index (κ3) is 5.37. The molecule has 158 valence electrons. The molecule has 2 heterocycles. The maximum Gasteiger partial charge on any atom is 0.230 e. The van der Waals surface area contributed by atoms with Gasteiger partial charge in [0.15, 0.2) is 11.0 Å². The Balaban J connectivity index is 1.49. The minimum absolute atomic E-state index is 0.0676. The van der Waals surface area contributed by atoms with Gasteiger partial charge in [0.2, 0.25) is 5.91 Å². The van der Waals surface area contributed by atoms with Gasteiger partial charge >= 0.3 is 0 Å². The summed E-state index contributed by atoms with van der Waals surface area (Å²) in [6.45, 7) is 2.43. The molecule has 0 unspecified atom stereocenters. The molecule has 1 N–H and O–H groups in total. The van der Waals surface area contributed by atoms with Crippen LogP contribution in [0.3, 0.4) is 0 Å². The number of furan rings is 1. The van der Waals surface area contributed by atoms with E-state index in [2.05, 4.69) is 15.5 Å². The largest absolute Gasteiger partial charge is 0.467 e. The van der Waals surface area contributed by atoms with Crippen LogP contribution < -0.4 is 5.32 Å². The van der Waals surface area contributed by atoms with E-state index in [9.17, 15) is 4.79 Å². The van der Waals surface area contributed by atoms with Crippen LogP contribution in [-0.4, -0.2) is 26.4 Å². The van der Waals surface area contributed by atoms with Gasteiger partial charge in [0.05, 0.1) is 24.6 Å². The van der Waals surface area contributed by atoms with Crippen molar-refractivity contribution in [3.8, 4) is 11.4 Å². The summed E-state index contributed by atoms with van der Waals surface area (Å²) in [5.74, 6) is 1.63. The van der Waals surface area contributed by atoms with Crippen molar-refractivity contribution in [2.45, 2.75) is 24.7 Å². The highest BCUT2D eigenvalue weighted by Gasteiger charge is 2.18. The SMILES string of the molecule is C[C@@H](NC(=O)CSc1nnc(-c2ccc(Cl)cc2)n1Cc1ccco1)c1ccccc1. The van der Waals surface area contributed by atoms with Gasteiger partial charge in [-0.05, 0) is 48.9 Å². The number of nitrogens with zero attached hydrogens (tertiary/aromatic N) is 3. The predicted octanol–water partition coefficient (Wildman–Crippen LogP) is 5.21. The van der Waals surface area contributed by atoms with E-state index in [4.69, 9.17) is 16.0 Å². The fourth-order valence-corrected chi connectivity index (χ4v) is 4.02. The van der Waals surface area contributed by atoms with Crippen LogP contribution in [0, 0.1) is 0 Å². The average molecular weight is 453 g/mol. The van der Waals surface area contributed by atoms with E-state index in [0.29, 0.717) is 22.5 Å². The average Bonchev–Trinajstić information content (AvgIpc) is 3.44. The summed E-state index contributed by atoms with van der Waals surface area (Å²) in [6.07, 6.45) is 1.63. The first-order valence-corrected chi connectivity index (χ1v) is 11.1. The van der Waals surface area contributed by atoms with Gasteiger partial charge in [0, 0.05) is 10.6 Å². The molecule has 2 aromatic heterocycles. The van der Waals surface area contributed by atoms with Gasteiger partial charge in [-0.25, -0.2) is 0 Å². The molecule has 4 rings (SSSR count). The fraction of sp³-hybridized carbons (Fsp3) is 0.174. The van der Waals surface area contributed by atoms with Crippen molar-refractivity contribution in [2.24, 2.45) is 0 Å². The third-order valence-corrected chi connectivity index (χ3v) is 5.94. The summed E-state index contributed by atoms with van der Waals surface area (Å²) in [7, 11) is 0. The summed E-state index contributed by atoms with van der Waals surface area (Å²) in [5, 5.41) is 13.0. The number of thioether (sulfide) groups is 1. The lowest BCUT2D eigenvalue weighted by Crippen LogP contribution is -2.28. The Hall–Kier alpha value is -3.03. The number of halogens is 1. The van der Waals surface area contributed by atoms with Crippen LogP contribution in [-0.2, 0) is 11.3 Å². The van der Waals surface area contributed by atoms with Crippen molar-refractivity contribution in [1.82, 2.24) is 20.1 Å². The normalized spacial score (nSPS) is 11.9. The molecule has 6 nitrogen and oxygen atoms in total. The zero-order chi connectivity index (χ0) is 21.6. The molecule has 0 saturated carbocycles. The summed E-state index contributed by atoms with van der Waals surface area (Å²) < 4.78 is 7.46. The lowest BCUT2D eigenvalue weighted by Gasteiger charge is -2.14. The van der Waals surface area contributed by atoms with Gasteiger partial charge in [-0.2, -0.15) is 0 Å². The summed E-state index contributed by atoms with van der Waals surface area (Å²) in [5.41, 5.74) is 1.95. The third-order valence-electron chi connectivity index (χ3n) is 4.72. The quantitative estimate of drug-likeness (QED) is 0.371. The van der Waals surface area contributed by atoms with E-state index < -0.39 is 0 Å². The number of aromatic nitrogens is 3. The van der Waals surface area contributed by atoms with Crippen molar-refractivity contribution in [1.29, 1.82) is 0 Å². The predicted molar refractivity (Wildman–Crippen MR) is 122 cm³/mol. The molecular formula is C23H21ClN4O2S. The molecular weight excluding hydrogens is 432 g/mol. The van der Waals surface area contributed by atoms with Crippen LogP contribution in [0.2, 0.25) is 5.02 Å². The zero-order valence-corrected chi connectivity index (χ0v) is 18.4. The highest BCUT2D eigenvalue weighted by atomic mass is 35.5. The van der Waals surface area contributed by atoms with E-state index >= 15 is 0 Å². The molecule has 1 atom stereocenters. The van der Waals surface area contributed by atoms with Crippen LogP contribution in [0.25, 0.3) is 11.4 Å². The van der Waals surface area contributed by atoms with Crippen molar-refractivity contribution in [2.75, 3.05) is 5.75 Å². The van der Waals surface area contributed by atoms with E-state index in [0.717, 1.165) is 16.9 Å². The number of benzene rings is 2. The van der Waals surface area contributed by atoms with Gasteiger partial charge < -0.3 is 9.73 Å². The van der Waals surface area contributed by atoms with Crippen LogP contribution in [0.15, 0.2) is 82.6 Å². The second-order valence-corrected chi connectivity index (χ2v) is 8.35. The first kappa shape index (κ1) is 21.2. The second-order valence-electron chi connectivity index (χ2n) is 6.97. The Morgan fingerprint density at radius 1 is 1.10 bits per heavy atom. The number of rotatable bonds is 8. The lowest BCUT2D eigenvalue weighted by atomic mass is 10.1. The van der Waals surface area contributed by atoms with E-state index in [1.54, 1.807) is 6.26 Å². The minimum Gasteiger partial charge on any atom is -0.467 e. The maximum absolute atomic E-state index is 12.5. The van der Waals surface area contributed by atoms with Crippen molar-refractivity contribution < 1.29 is 9.21 Å². The van der Waals surface area contributed by atoms with Crippen LogP contribution in [0.1, 0.15) is 24.3 Å². The molecule has 0 bridgehead atoms. The molecule has 0 radical (unpaired) electrons. The minimum atomic E-state index is -0.0695. The second kappa shape index (κ2) is 9.85. The van der Waals surface area contributed by atoms with Crippen molar-refractivity contribution >= 4 is 29.3 Å². The van der Waals surface area contributed by atoms with Crippen molar-refractivity contribution in [3.63, 3.8) is 0 Å². The van der Waals surface area contributed by atoms with E-state index in [-0.39, 0.29) is 17.7 Å². The number of nitrogens with one attached hydrogen (secondary N) is 1. The molecule has 2 aromatic carbocycles. The molecule has 8 heteroatoms. The smallest absolute Gasteiger partial charge is 0.230 e. The first-order valence-electron chi connectivity index (χ1n) is 9.79. The molecule has 0 aliphatic rings. The number of amides is 1. The van der Waals surface area contributed by atoms with Gasteiger partial charge in [-0.3, -0.25) is 9.36 Å². The number of carbonyl (C=O) groups excluding carboxylic acids is 1. The summed E-state index contributed by atoms with van der Waals surface area (Å²) in [6, 6.07) is 21.0. The first-order chi connectivity index (χ1) is 15.1. The highest BCUT2D eigenvalue weighted by Crippen LogP contribution is 2.26. The van der Waals surface area contributed by atoms with Gasteiger partial charge in [0.1, 0.15) is 5.76 Å². The standard InChI is InChI=1S/C23H21ClN4O2S/c1-16(17-6-3-2-4-7-17)25-21(29)15-31-23-27-26-22(18-9-11-19(24)12-10-18)28(23)14-20-8-5-13-30-20/h2-13,16H,14-15H2,1H3,(H,25,29)/t16-/m1/s1. The molecule has 0 spiro atoms. The van der Waals surface area contributed by atoms with Crippen LogP contribution >= 0.6 is 23.4 Å². The Labute approximate surface area is 189 Å². The molecule has 1 amide bonds. The van der Waals surface area contributed by atoms with Gasteiger partial charge in [-0.1, -0.05) is 53.7 Å².